The zero-order valence-electron chi connectivity index (χ0n) is 10.4. The Morgan fingerprint density at radius 1 is 1.18 bits per heavy atom. The van der Waals surface area contributed by atoms with Crippen molar-refractivity contribution in [3.63, 3.8) is 0 Å². The second-order valence-corrected chi connectivity index (χ2v) is 5.03. The third-order valence-corrected chi connectivity index (χ3v) is 3.68. The van der Waals surface area contributed by atoms with Gasteiger partial charge in [-0.2, -0.15) is 13.2 Å². The Hall–Kier alpha value is -0.260. The van der Waals surface area contributed by atoms with Gasteiger partial charge in [0.1, 0.15) is 6.54 Å². The summed E-state index contributed by atoms with van der Waals surface area (Å²) < 4.78 is 37.4. The van der Waals surface area contributed by atoms with E-state index in [9.17, 15) is 18.0 Å². The van der Waals surface area contributed by atoms with Crippen LogP contribution >= 0.6 is 15.9 Å². The van der Waals surface area contributed by atoms with Crippen LogP contribution in [0, 0.1) is 0 Å². The van der Waals surface area contributed by atoms with E-state index in [0.717, 1.165) is 4.90 Å². The highest BCUT2D eigenvalue weighted by Crippen LogP contribution is 2.23. The fourth-order valence-electron chi connectivity index (χ4n) is 1.66. The molecule has 6 heteroatoms. The number of amides is 1. The van der Waals surface area contributed by atoms with Crippen LogP contribution in [-0.4, -0.2) is 34.4 Å². The summed E-state index contributed by atoms with van der Waals surface area (Å²) >= 11 is 3.12. The molecule has 0 radical (unpaired) electrons. The average Bonchev–Trinajstić information content (AvgIpc) is 2.25. The zero-order valence-corrected chi connectivity index (χ0v) is 11.9. The molecule has 0 aliphatic carbocycles. The number of alkyl halides is 4. The first-order valence-corrected chi connectivity index (χ1v) is 6.69. The molecule has 0 spiro atoms. The van der Waals surface area contributed by atoms with Crippen LogP contribution in [0.5, 0.6) is 0 Å². The van der Waals surface area contributed by atoms with E-state index in [1.807, 2.05) is 0 Å². The lowest BCUT2D eigenvalue weighted by molar-refractivity contribution is -0.165. The minimum Gasteiger partial charge on any atom is -0.330 e. The van der Waals surface area contributed by atoms with Gasteiger partial charge in [0, 0.05) is 6.04 Å². The summed E-state index contributed by atoms with van der Waals surface area (Å²) in [6, 6.07) is -0.351. The van der Waals surface area contributed by atoms with E-state index >= 15 is 0 Å². The van der Waals surface area contributed by atoms with E-state index in [4.69, 9.17) is 0 Å². The summed E-state index contributed by atoms with van der Waals surface area (Å²) in [5.41, 5.74) is 0. The van der Waals surface area contributed by atoms with Crippen LogP contribution in [0.25, 0.3) is 0 Å². The number of halogens is 4. The van der Waals surface area contributed by atoms with Gasteiger partial charge in [-0.1, -0.05) is 36.7 Å². The van der Waals surface area contributed by atoms with Crippen LogP contribution in [0.3, 0.4) is 0 Å². The van der Waals surface area contributed by atoms with Gasteiger partial charge in [-0.25, -0.2) is 0 Å². The Bertz CT molecular complexity index is 241. The molecule has 0 saturated carbocycles. The minimum atomic E-state index is -4.35. The number of carbonyl (C=O) groups excluding carboxylic acids is 1. The fraction of sp³-hybridized carbons (Fsp3) is 0.909. The standard InChI is InChI=1S/C11H19BrF3NO/c1-4-8(5-2)16(7-11(13,14)15)10(17)9(12)6-3/h8-9H,4-7H2,1-3H3. The molecule has 0 heterocycles. The number of rotatable bonds is 6. The first kappa shape index (κ1) is 16.7. The molecule has 102 valence electrons. The van der Waals surface area contributed by atoms with Crippen LogP contribution in [0.1, 0.15) is 40.0 Å². The zero-order chi connectivity index (χ0) is 13.6. The van der Waals surface area contributed by atoms with Gasteiger partial charge in [-0.15, -0.1) is 0 Å². The second kappa shape index (κ2) is 7.24. The van der Waals surface area contributed by atoms with Crippen molar-refractivity contribution < 1.29 is 18.0 Å². The summed E-state index contributed by atoms with van der Waals surface area (Å²) in [4.78, 5) is 12.3. The lowest BCUT2D eigenvalue weighted by Crippen LogP contribution is -2.48. The highest BCUT2D eigenvalue weighted by Gasteiger charge is 2.36. The van der Waals surface area contributed by atoms with Gasteiger partial charge in [0.25, 0.3) is 0 Å². The van der Waals surface area contributed by atoms with E-state index < -0.39 is 23.5 Å². The summed E-state index contributed by atoms with van der Waals surface area (Å²) in [7, 11) is 0. The molecule has 0 fully saturated rings. The van der Waals surface area contributed by atoms with E-state index in [-0.39, 0.29) is 6.04 Å². The van der Waals surface area contributed by atoms with Crippen molar-refractivity contribution in [2.45, 2.75) is 57.1 Å². The van der Waals surface area contributed by atoms with Gasteiger partial charge in [-0.05, 0) is 19.3 Å². The van der Waals surface area contributed by atoms with Gasteiger partial charge < -0.3 is 4.90 Å². The van der Waals surface area contributed by atoms with Crippen molar-refractivity contribution in [2.24, 2.45) is 0 Å². The topological polar surface area (TPSA) is 20.3 Å². The first-order chi connectivity index (χ1) is 7.76. The molecule has 0 aromatic carbocycles. The maximum Gasteiger partial charge on any atom is 0.406 e. The van der Waals surface area contributed by atoms with Gasteiger partial charge in [0.15, 0.2) is 0 Å². The summed E-state index contributed by atoms with van der Waals surface area (Å²) in [6.45, 7) is 4.18. The summed E-state index contributed by atoms with van der Waals surface area (Å²) in [6.07, 6.45) is -2.81. The Kier molecular flexibility index (Phi) is 7.13. The van der Waals surface area contributed by atoms with Gasteiger partial charge in [0.2, 0.25) is 5.91 Å². The van der Waals surface area contributed by atoms with E-state index in [1.165, 1.54) is 0 Å². The highest BCUT2D eigenvalue weighted by molar-refractivity contribution is 9.10. The number of hydrogen-bond acceptors (Lipinski definition) is 1. The lowest BCUT2D eigenvalue weighted by atomic mass is 10.1. The molecule has 2 nitrogen and oxygen atoms in total. The molecule has 17 heavy (non-hydrogen) atoms. The number of hydrogen-bond donors (Lipinski definition) is 0. The summed E-state index contributed by atoms with van der Waals surface area (Å²) in [5.74, 6) is -0.474. The molecule has 0 aromatic rings. The quantitative estimate of drug-likeness (QED) is 0.683. The average molecular weight is 318 g/mol. The molecule has 0 aliphatic rings. The molecule has 1 atom stereocenters. The van der Waals surface area contributed by atoms with Gasteiger partial charge in [0.05, 0.1) is 4.83 Å². The van der Waals surface area contributed by atoms with Crippen molar-refractivity contribution in [3.05, 3.63) is 0 Å². The normalized spacial score (nSPS) is 13.9. The molecule has 0 rings (SSSR count). The molecule has 1 unspecified atom stereocenters. The molecule has 0 bridgehead atoms. The Morgan fingerprint density at radius 3 is 1.94 bits per heavy atom. The highest BCUT2D eigenvalue weighted by atomic mass is 79.9. The largest absolute Gasteiger partial charge is 0.406 e. The van der Waals surface area contributed by atoms with E-state index in [2.05, 4.69) is 15.9 Å². The molecular formula is C11H19BrF3NO. The van der Waals surface area contributed by atoms with E-state index in [0.29, 0.717) is 19.3 Å². The first-order valence-electron chi connectivity index (χ1n) is 5.78. The molecule has 0 N–H and O–H groups in total. The Balaban J connectivity index is 4.90. The maximum absolute atomic E-state index is 12.5. The fourth-order valence-corrected chi connectivity index (χ4v) is 1.93. The predicted molar refractivity (Wildman–Crippen MR) is 65.1 cm³/mol. The third-order valence-electron chi connectivity index (χ3n) is 2.64. The molecular weight excluding hydrogens is 299 g/mol. The van der Waals surface area contributed by atoms with Crippen molar-refractivity contribution in [2.75, 3.05) is 6.54 Å². The van der Waals surface area contributed by atoms with E-state index in [1.54, 1.807) is 20.8 Å². The van der Waals surface area contributed by atoms with Crippen LogP contribution < -0.4 is 0 Å². The number of nitrogens with zero attached hydrogens (tertiary/aromatic N) is 1. The van der Waals surface area contributed by atoms with Crippen molar-refractivity contribution >= 4 is 21.8 Å². The Morgan fingerprint density at radius 2 is 1.65 bits per heavy atom. The monoisotopic (exact) mass is 317 g/mol. The van der Waals surface area contributed by atoms with Crippen LogP contribution in [0.2, 0.25) is 0 Å². The Labute approximate surface area is 109 Å². The SMILES string of the molecule is CCC(Br)C(=O)N(CC(F)(F)F)C(CC)CC. The molecule has 0 saturated heterocycles. The summed E-state index contributed by atoms with van der Waals surface area (Å²) in [5, 5.41) is 0. The van der Waals surface area contributed by atoms with Gasteiger partial charge >= 0.3 is 6.18 Å². The lowest BCUT2D eigenvalue weighted by Gasteiger charge is -2.32. The maximum atomic E-state index is 12.5. The second-order valence-electron chi connectivity index (χ2n) is 3.93. The smallest absolute Gasteiger partial charge is 0.330 e. The molecule has 0 aliphatic heterocycles. The third kappa shape index (κ3) is 5.75. The minimum absolute atomic E-state index is 0.351. The molecule has 1 amide bonds. The number of carbonyl (C=O) groups is 1. The van der Waals surface area contributed by atoms with Crippen LogP contribution in [0.4, 0.5) is 13.2 Å². The van der Waals surface area contributed by atoms with Gasteiger partial charge in [-0.3, -0.25) is 4.79 Å². The van der Waals surface area contributed by atoms with Crippen molar-refractivity contribution in [1.82, 2.24) is 4.90 Å². The van der Waals surface area contributed by atoms with Crippen LogP contribution in [0.15, 0.2) is 0 Å². The van der Waals surface area contributed by atoms with Crippen molar-refractivity contribution in [3.8, 4) is 0 Å². The molecule has 0 aromatic heterocycles. The predicted octanol–water partition coefficient (Wildman–Crippen LogP) is 3.74. The van der Waals surface area contributed by atoms with Crippen molar-refractivity contribution in [1.29, 1.82) is 0 Å². The van der Waals surface area contributed by atoms with Crippen LogP contribution in [-0.2, 0) is 4.79 Å².